The lowest BCUT2D eigenvalue weighted by Gasteiger charge is -2.09. The molecule has 1 aromatic heterocycles. The summed E-state index contributed by atoms with van der Waals surface area (Å²) in [6.45, 7) is -0.0834. The molecule has 1 amide bonds. The first-order chi connectivity index (χ1) is 13.1. The van der Waals surface area contributed by atoms with Gasteiger partial charge in [-0.3, -0.25) is 14.2 Å². The van der Waals surface area contributed by atoms with Crippen molar-refractivity contribution in [3.8, 4) is 22.8 Å². The van der Waals surface area contributed by atoms with Crippen molar-refractivity contribution in [1.29, 1.82) is 0 Å². The molecule has 8 heteroatoms. The lowest BCUT2D eigenvalue weighted by Crippen LogP contribution is -2.27. The zero-order chi connectivity index (χ0) is 18.8. The lowest BCUT2D eigenvalue weighted by molar-refractivity contribution is -0.116. The minimum atomic E-state index is -0.470. The summed E-state index contributed by atoms with van der Waals surface area (Å²) >= 11 is 0. The second kappa shape index (κ2) is 6.91. The fraction of sp³-hybridized carbons (Fsp3) is 0.105. The third-order valence-corrected chi connectivity index (χ3v) is 4.00. The monoisotopic (exact) mass is 367 g/mol. The molecular weight excluding hydrogens is 353 g/mol. The van der Waals surface area contributed by atoms with Gasteiger partial charge in [-0.2, -0.15) is 0 Å². The molecule has 1 N–H and O–H groups in total. The molecule has 0 saturated carbocycles. The lowest BCUT2D eigenvalue weighted by atomic mass is 10.1. The summed E-state index contributed by atoms with van der Waals surface area (Å²) in [7, 11) is 0. The van der Waals surface area contributed by atoms with Gasteiger partial charge in [-0.15, -0.1) is 0 Å². The summed E-state index contributed by atoms with van der Waals surface area (Å²) in [5.41, 5.74) is 0.509. The topological polar surface area (TPSA) is 82.5 Å². The average molecular weight is 367 g/mol. The zero-order valence-electron chi connectivity index (χ0n) is 14.0. The van der Waals surface area contributed by atoms with Crippen LogP contribution in [0.4, 0.5) is 10.1 Å². The van der Waals surface area contributed by atoms with Crippen LogP contribution in [0.25, 0.3) is 11.3 Å². The van der Waals surface area contributed by atoms with Gasteiger partial charge < -0.3 is 14.8 Å². The third kappa shape index (κ3) is 3.50. The van der Waals surface area contributed by atoms with E-state index in [9.17, 15) is 14.0 Å². The maximum Gasteiger partial charge on any atom is 0.254 e. The van der Waals surface area contributed by atoms with Crippen molar-refractivity contribution in [3.63, 3.8) is 0 Å². The van der Waals surface area contributed by atoms with Gasteiger partial charge in [0.25, 0.3) is 5.56 Å². The summed E-state index contributed by atoms with van der Waals surface area (Å²) in [5.74, 6) is 0.275. The van der Waals surface area contributed by atoms with Crippen molar-refractivity contribution < 1.29 is 18.7 Å². The van der Waals surface area contributed by atoms with Gasteiger partial charge in [-0.05, 0) is 24.3 Å². The van der Waals surface area contributed by atoms with Crippen molar-refractivity contribution in [2.45, 2.75) is 6.54 Å². The largest absolute Gasteiger partial charge is 0.454 e. The summed E-state index contributed by atoms with van der Waals surface area (Å²) < 4.78 is 25.4. The van der Waals surface area contributed by atoms with E-state index in [0.717, 1.165) is 4.57 Å². The first-order valence-electron chi connectivity index (χ1n) is 8.11. The first kappa shape index (κ1) is 16.8. The maximum absolute atomic E-state index is 13.8. The Morgan fingerprint density at radius 2 is 1.96 bits per heavy atom. The molecule has 0 bridgehead atoms. The van der Waals surface area contributed by atoms with Crippen LogP contribution >= 0.6 is 0 Å². The molecular formula is C19H14FN3O4. The predicted octanol–water partition coefficient (Wildman–Crippen LogP) is 2.42. The number of hydrogen-bond donors (Lipinski definition) is 1. The van der Waals surface area contributed by atoms with Crippen molar-refractivity contribution in [1.82, 2.24) is 9.55 Å². The van der Waals surface area contributed by atoms with Gasteiger partial charge in [0.1, 0.15) is 12.4 Å². The van der Waals surface area contributed by atoms with E-state index in [1.165, 1.54) is 24.5 Å². The quantitative estimate of drug-likeness (QED) is 0.766. The Morgan fingerprint density at radius 3 is 2.78 bits per heavy atom. The molecule has 136 valence electrons. The summed E-state index contributed by atoms with van der Waals surface area (Å²) in [4.78, 5) is 28.5. The van der Waals surface area contributed by atoms with E-state index in [-0.39, 0.29) is 24.6 Å². The number of nitrogens with zero attached hydrogens (tertiary/aromatic N) is 2. The van der Waals surface area contributed by atoms with Crippen LogP contribution in [-0.4, -0.2) is 22.3 Å². The zero-order valence-corrected chi connectivity index (χ0v) is 14.0. The molecule has 1 aliphatic heterocycles. The predicted molar refractivity (Wildman–Crippen MR) is 95.1 cm³/mol. The second-order valence-electron chi connectivity index (χ2n) is 5.84. The Morgan fingerprint density at radius 1 is 1.15 bits per heavy atom. The number of rotatable bonds is 4. The first-order valence-corrected chi connectivity index (χ1v) is 8.11. The number of amides is 1. The number of carbonyl (C=O) groups excluding carboxylic acids is 1. The van der Waals surface area contributed by atoms with E-state index in [1.54, 1.807) is 30.3 Å². The maximum atomic E-state index is 13.8. The van der Waals surface area contributed by atoms with Gasteiger partial charge in [-0.25, -0.2) is 9.37 Å². The molecule has 1 aliphatic rings. The number of halogens is 1. The SMILES string of the molecule is O=C(Cn1cnc(-c2ccccc2F)cc1=O)Nc1ccc2c(c1)OCO2. The van der Waals surface area contributed by atoms with Crippen LogP contribution in [0.15, 0.2) is 59.7 Å². The highest BCUT2D eigenvalue weighted by molar-refractivity contribution is 5.91. The standard InChI is InChI=1S/C19H14FN3O4/c20-14-4-2-1-3-13(14)15-8-19(25)23(10-21-15)9-18(24)22-12-5-6-16-17(7-12)27-11-26-16/h1-8,10H,9,11H2,(H,22,24). The fourth-order valence-corrected chi connectivity index (χ4v) is 2.69. The Kier molecular flexibility index (Phi) is 4.29. The van der Waals surface area contributed by atoms with Gasteiger partial charge in [0.15, 0.2) is 11.5 Å². The van der Waals surface area contributed by atoms with E-state index >= 15 is 0 Å². The molecule has 7 nitrogen and oxygen atoms in total. The Balaban J connectivity index is 1.48. The Labute approximate surface area is 153 Å². The number of anilines is 1. The highest BCUT2D eigenvalue weighted by atomic mass is 19.1. The minimum Gasteiger partial charge on any atom is -0.454 e. The molecule has 2 heterocycles. The molecule has 0 saturated heterocycles. The van der Waals surface area contributed by atoms with Gasteiger partial charge >= 0.3 is 0 Å². The Hall–Kier alpha value is -3.68. The van der Waals surface area contributed by atoms with Crippen molar-refractivity contribution >= 4 is 11.6 Å². The molecule has 0 radical (unpaired) electrons. The molecule has 2 aromatic carbocycles. The van der Waals surface area contributed by atoms with Gasteiger partial charge in [0.05, 0.1) is 12.0 Å². The molecule has 0 fully saturated rings. The Bertz CT molecular complexity index is 1080. The molecule has 27 heavy (non-hydrogen) atoms. The van der Waals surface area contributed by atoms with Crippen LogP contribution in [0.5, 0.6) is 11.5 Å². The van der Waals surface area contributed by atoms with Crippen LogP contribution in [0, 0.1) is 5.82 Å². The highest BCUT2D eigenvalue weighted by Gasteiger charge is 2.15. The third-order valence-electron chi connectivity index (χ3n) is 4.00. The number of ether oxygens (including phenoxy) is 2. The number of fused-ring (bicyclic) bond motifs is 1. The molecule has 3 aromatic rings. The molecule has 0 aliphatic carbocycles. The van der Waals surface area contributed by atoms with Crippen molar-refractivity contribution in [2.24, 2.45) is 0 Å². The molecule has 0 unspecified atom stereocenters. The summed E-state index contributed by atoms with van der Waals surface area (Å²) in [6, 6.07) is 12.2. The van der Waals surface area contributed by atoms with Crippen molar-refractivity contribution in [3.05, 3.63) is 71.0 Å². The number of carbonyl (C=O) groups is 1. The smallest absolute Gasteiger partial charge is 0.254 e. The van der Waals surface area contributed by atoms with Crippen LogP contribution in [0.2, 0.25) is 0 Å². The number of aromatic nitrogens is 2. The van der Waals surface area contributed by atoms with Gasteiger partial charge in [0.2, 0.25) is 12.7 Å². The van der Waals surface area contributed by atoms with Gasteiger partial charge in [0, 0.05) is 23.4 Å². The van der Waals surface area contributed by atoms with Crippen LogP contribution < -0.4 is 20.3 Å². The number of nitrogens with one attached hydrogen (secondary N) is 1. The van der Waals surface area contributed by atoms with E-state index < -0.39 is 17.3 Å². The molecule has 0 spiro atoms. The van der Waals surface area contributed by atoms with E-state index in [2.05, 4.69) is 10.3 Å². The molecule has 0 atom stereocenters. The van der Waals surface area contributed by atoms with Crippen LogP contribution in [0.1, 0.15) is 0 Å². The number of benzene rings is 2. The highest BCUT2D eigenvalue weighted by Crippen LogP contribution is 2.34. The minimum absolute atomic E-state index is 0.141. The van der Waals surface area contributed by atoms with Crippen molar-refractivity contribution in [2.75, 3.05) is 12.1 Å². The summed E-state index contributed by atoms with van der Waals surface area (Å²) in [5, 5.41) is 2.68. The average Bonchev–Trinajstić information content (AvgIpc) is 3.11. The second-order valence-corrected chi connectivity index (χ2v) is 5.84. The van der Waals surface area contributed by atoms with E-state index in [0.29, 0.717) is 17.2 Å². The fourth-order valence-electron chi connectivity index (χ4n) is 2.69. The van der Waals surface area contributed by atoms with E-state index in [1.807, 2.05) is 0 Å². The normalized spacial score (nSPS) is 12.0. The van der Waals surface area contributed by atoms with Crippen LogP contribution in [0.3, 0.4) is 0 Å². The number of hydrogen-bond acceptors (Lipinski definition) is 5. The van der Waals surface area contributed by atoms with Gasteiger partial charge in [-0.1, -0.05) is 12.1 Å². The van der Waals surface area contributed by atoms with E-state index in [4.69, 9.17) is 9.47 Å². The summed E-state index contributed by atoms with van der Waals surface area (Å²) in [6.07, 6.45) is 1.23. The van der Waals surface area contributed by atoms with Crippen LogP contribution in [-0.2, 0) is 11.3 Å². The molecule has 4 rings (SSSR count).